The van der Waals surface area contributed by atoms with Crippen molar-refractivity contribution < 1.29 is 19.0 Å². The Hall–Kier alpha value is -1.39. The molecule has 2 bridgehead atoms. The average molecular weight is 326 g/mol. The lowest BCUT2D eigenvalue weighted by Crippen LogP contribution is -2.50. The van der Waals surface area contributed by atoms with E-state index in [-0.39, 0.29) is 30.4 Å². The number of carbonyl (C=O) groups excluding carboxylic acids is 1. The lowest BCUT2D eigenvalue weighted by molar-refractivity contribution is -0.179. The van der Waals surface area contributed by atoms with E-state index in [0.717, 1.165) is 0 Å². The zero-order valence-electron chi connectivity index (χ0n) is 13.8. The van der Waals surface area contributed by atoms with Crippen LogP contribution in [0.3, 0.4) is 0 Å². The normalized spacial score (nSPS) is 48.6. The van der Waals surface area contributed by atoms with Crippen LogP contribution >= 0.6 is 0 Å². The average Bonchev–Trinajstić information content (AvgIpc) is 3.22. The first-order chi connectivity index (χ1) is 11.8. The molecule has 2 aliphatic heterocycles. The Morgan fingerprint density at radius 2 is 1.79 bits per heavy atom. The van der Waals surface area contributed by atoms with E-state index in [2.05, 4.69) is 24.3 Å². The van der Waals surface area contributed by atoms with Crippen LogP contribution in [0.5, 0.6) is 0 Å². The number of carbonyl (C=O) groups is 1. The van der Waals surface area contributed by atoms with Crippen molar-refractivity contribution in [1.82, 2.24) is 0 Å². The first-order valence-electron chi connectivity index (χ1n) is 9.33. The second-order valence-corrected chi connectivity index (χ2v) is 8.05. The van der Waals surface area contributed by atoms with Gasteiger partial charge >= 0.3 is 5.97 Å². The van der Waals surface area contributed by atoms with Crippen LogP contribution in [-0.4, -0.2) is 24.8 Å². The molecule has 4 fully saturated rings. The van der Waals surface area contributed by atoms with Crippen molar-refractivity contribution in [2.75, 3.05) is 6.61 Å². The topological polar surface area (TPSA) is 44.8 Å². The third-order valence-electron chi connectivity index (χ3n) is 7.31. The van der Waals surface area contributed by atoms with E-state index in [9.17, 15) is 4.79 Å². The van der Waals surface area contributed by atoms with Crippen molar-refractivity contribution in [2.24, 2.45) is 29.6 Å². The van der Waals surface area contributed by atoms with Crippen molar-refractivity contribution in [3.8, 4) is 0 Å². The second kappa shape index (κ2) is 4.61. The van der Waals surface area contributed by atoms with Gasteiger partial charge in [0.05, 0.1) is 37.4 Å². The van der Waals surface area contributed by atoms with E-state index in [0.29, 0.717) is 42.6 Å². The molecule has 0 aromatic heterocycles. The Bertz CT molecular complexity index is 715. The van der Waals surface area contributed by atoms with Crippen LogP contribution in [0.15, 0.2) is 24.3 Å². The standard InChI is InChI=1S/C20H22O4/c1-2-22-14(21)8-13-15-11-7-12-17-16(11)18(23-13)9-5-3-4-6-10(9)19(17)24-20(12)15/h3-6,11-13,15-20H,2,7-8H2,1H3/t11?,12?,13-,15?,16?,17?,18-,19+,20?/m1/s1. The van der Waals surface area contributed by atoms with Crippen LogP contribution in [-0.2, 0) is 19.0 Å². The molecule has 126 valence electrons. The van der Waals surface area contributed by atoms with Gasteiger partial charge in [-0.1, -0.05) is 24.3 Å². The molecule has 4 nitrogen and oxygen atoms in total. The lowest BCUT2D eigenvalue weighted by Gasteiger charge is -2.50. The van der Waals surface area contributed by atoms with Crippen molar-refractivity contribution in [1.29, 1.82) is 0 Å². The first kappa shape index (κ1) is 13.9. The highest BCUT2D eigenvalue weighted by Gasteiger charge is 2.72. The molecule has 24 heavy (non-hydrogen) atoms. The summed E-state index contributed by atoms with van der Waals surface area (Å²) in [7, 11) is 0. The van der Waals surface area contributed by atoms with Crippen LogP contribution in [0.2, 0.25) is 0 Å². The highest BCUT2D eigenvalue weighted by molar-refractivity contribution is 5.70. The minimum Gasteiger partial charge on any atom is -0.466 e. The highest BCUT2D eigenvalue weighted by atomic mass is 16.5. The van der Waals surface area contributed by atoms with Crippen LogP contribution in [0.25, 0.3) is 0 Å². The van der Waals surface area contributed by atoms with Gasteiger partial charge in [0.2, 0.25) is 0 Å². The third-order valence-corrected chi connectivity index (χ3v) is 7.31. The molecule has 9 atom stereocenters. The zero-order chi connectivity index (χ0) is 16.0. The number of rotatable bonds is 3. The van der Waals surface area contributed by atoms with Crippen LogP contribution in [0, 0.1) is 29.6 Å². The summed E-state index contributed by atoms with van der Waals surface area (Å²) in [4.78, 5) is 12.1. The first-order valence-corrected chi connectivity index (χ1v) is 9.33. The summed E-state index contributed by atoms with van der Waals surface area (Å²) in [5, 5.41) is 0. The molecule has 1 aromatic carbocycles. The van der Waals surface area contributed by atoms with Gasteiger partial charge in [0.25, 0.3) is 0 Å². The number of hydrogen-bond donors (Lipinski definition) is 0. The SMILES string of the molecule is CCOC(=O)C[C@H]1O[C@@H]2c3ccccc3[C@@H]3OC4C5CC(C2C53)C41. The molecule has 2 heterocycles. The molecule has 0 radical (unpaired) electrons. The monoisotopic (exact) mass is 326 g/mol. The minimum atomic E-state index is -0.138. The second-order valence-electron chi connectivity index (χ2n) is 8.05. The summed E-state index contributed by atoms with van der Waals surface area (Å²) in [6.07, 6.45) is 2.22. The van der Waals surface area contributed by atoms with Crippen molar-refractivity contribution in [2.45, 2.75) is 44.2 Å². The van der Waals surface area contributed by atoms with Gasteiger partial charge in [0.15, 0.2) is 0 Å². The van der Waals surface area contributed by atoms with Gasteiger partial charge in [-0.05, 0) is 42.2 Å². The molecule has 2 saturated carbocycles. The zero-order valence-corrected chi connectivity index (χ0v) is 13.8. The molecule has 0 amide bonds. The smallest absolute Gasteiger partial charge is 0.308 e. The number of esters is 1. The van der Waals surface area contributed by atoms with Crippen LogP contribution in [0.4, 0.5) is 0 Å². The molecule has 4 heteroatoms. The number of benzene rings is 1. The quantitative estimate of drug-likeness (QED) is 0.801. The van der Waals surface area contributed by atoms with Gasteiger partial charge in [-0.25, -0.2) is 0 Å². The fourth-order valence-corrected chi connectivity index (χ4v) is 6.82. The van der Waals surface area contributed by atoms with E-state index in [1.54, 1.807) is 0 Å². The Balaban J connectivity index is 1.44. The highest BCUT2D eigenvalue weighted by Crippen LogP contribution is 2.73. The minimum absolute atomic E-state index is 0.0591. The Morgan fingerprint density at radius 1 is 1.08 bits per heavy atom. The van der Waals surface area contributed by atoms with E-state index < -0.39 is 0 Å². The Kier molecular flexibility index (Phi) is 2.66. The van der Waals surface area contributed by atoms with Crippen LogP contribution < -0.4 is 0 Å². The van der Waals surface area contributed by atoms with Crippen LogP contribution in [0.1, 0.15) is 43.1 Å². The molecule has 2 saturated heterocycles. The lowest BCUT2D eigenvalue weighted by atomic mass is 9.61. The Labute approximate surface area is 141 Å². The van der Waals surface area contributed by atoms with Gasteiger partial charge in [0.1, 0.15) is 0 Å². The number of fused-ring (bicyclic) bond motifs is 4. The predicted molar refractivity (Wildman–Crippen MR) is 85.0 cm³/mol. The molecule has 6 rings (SSSR count). The van der Waals surface area contributed by atoms with Gasteiger partial charge < -0.3 is 14.2 Å². The number of hydrogen-bond acceptors (Lipinski definition) is 4. The van der Waals surface area contributed by atoms with E-state index >= 15 is 0 Å². The Morgan fingerprint density at radius 3 is 2.54 bits per heavy atom. The van der Waals surface area contributed by atoms with E-state index in [1.807, 2.05) is 6.92 Å². The van der Waals surface area contributed by atoms with Crippen molar-refractivity contribution >= 4 is 5.97 Å². The summed E-state index contributed by atoms with van der Waals surface area (Å²) in [6.45, 7) is 2.29. The van der Waals surface area contributed by atoms with Gasteiger partial charge in [-0.15, -0.1) is 0 Å². The molecule has 3 aliphatic carbocycles. The maximum Gasteiger partial charge on any atom is 0.308 e. The molecule has 0 N–H and O–H groups in total. The molecule has 6 unspecified atom stereocenters. The fourth-order valence-electron chi connectivity index (χ4n) is 6.82. The molecular weight excluding hydrogens is 304 g/mol. The van der Waals surface area contributed by atoms with Gasteiger partial charge in [-0.2, -0.15) is 0 Å². The van der Waals surface area contributed by atoms with Crippen molar-refractivity contribution in [3.63, 3.8) is 0 Å². The van der Waals surface area contributed by atoms with E-state index in [1.165, 1.54) is 17.5 Å². The fraction of sp³-hybridized carbons (Fsp3) is 0.650. The van der Waals surface area contributed by atoms with Gasteiger partial charge in [0, 0.05) is 11.8 Å². The van der Waals surface area contributed by atoms with Gasteiger partial charge in [-0.3, -0.25) is 4.79 Å². The third kappa shape index (κ3) is 1.50. The van der Waals surface area contributed by atoms with E-state index in [4.69, 9.17) is 14.2 Å². The maximum absolute atomic E-state index is 12.1. The summed E-state index contributed by atoms with van der Waals surface area (Å²) in [5.41, 5.74) is 2.62. The molecule has 1 aromatic rings. The largest absolute Gasteiger partial charge is 0.466 e. The predicted octanol–water partition coefficient (Wildman–Crippen LogP) is 3.03. The number of ether oxygens (including phenoxy) is 3. The van der Waals surface area contributed by atoms with Crippen molar-refractivity contribution in [3.05, 3.63) is 35.4 Å². The summed E-state index contributed by atoms with van der Waals surface area (Å²) >= 11 is 0. The summed E-state index contributed by atoms with van der Waals surface area (Å²) < 4.78 is 18.4. The molecule has 0 spiro atoms. The summed E-state index contributed by atoms with van der Waals surface area (Å²) in [6, 6.07) is 8.62. The maximum atomic E-state index is 12.1. The summed E-state index contributed by atoms with van der Waals surface area (Å²) in [5.74, 6) is 2.76. The molecule has 5 aliphatic rings. The molecular formula is C20H22O4.